The van der Waals surface area contributed by atoms with Crippen molar-refractivity contribution in [1.29, 1.82) is 0 Å². The zero-order valence-corrected chi connectivity index (χ0v) is 13.2. The first-order chi connectivity index (χ1) is 9.95. The van der Waals surface area contributed by atoms with Gasteiger partial charge in [0.1, 0.15) is 5.41 Å². The molecule has 0 aliphatic rings. The van der Waals surface area contributed by atoms with Gasteiger partial charge in [-0.05, 0) is 38.5 Å². The number of carboxylic acid groups (broad SMARTS) is 1. The largest absolute Gasteiger partial charge is 0.481 e. The van der Waals surface area contributed by atoms with Crippen LogP contribution in [0.2, 0.25) is 0 Å². The van der Waals surface area contributed by atoms with Crippen LogP contribution in [-0.2, 0) is 16.8 Å². The van der Waals surface area contributed by atoms with E-state index in [1.807, 2.05) is 17.5 Å². The molecule has 112 valence electrons. The molecule has 21 heavy (non-hydrogen) atoms. The fourth-order valence-electron chi connectivity index (χ4n) is 1.83. The van der Waals surface area contributed by atoms with E-state index in [0.717, 1.165) is 23.8 Å². The summed E-state index contributed by atoms with van der Waals surface area (Å²) in [5.41, 5.74) is 0.787. The summed E-state index contributed by atoms with van der Waals surface area (Å²) in [5, 5.41) is 12.0. The maximum Gasteiger partial charge on any atom is 0.315 e. The van der Waals surface area contributed by atoms with E-state index >= 15 is 0 Å². The summed E-state index contributed by atoms with van der Waals surface area (Å²) in [5.74, 6) is -0.864. The second-order valence-corrected chi connectivity index (χ2v) is 6.15. The van der Waals surface area contributed by atoms with Crippen molar-refractivity contribution in [2.75, 3.05) is 11.4 Å². The predicted molar refractivity (Wildman–Crippen MR) is 83.7 cm³/mol. The summed E-state index contributed by atoms with van der Waals surface area (Å²) in [6.07, 6.45) is 3.54. The molecule has 0 aliphatic carbocycles. The molecule has 0 unspecified atom stereocenters. The number of thiazole rings is 1. The van der Waals surface area contributed by atoms with E-state index in [1.54, 1.807) is 26.2 Å². The predicted octanol–water partition coefficient (Wildman–Crippen LogP) is 2.93. The molecule has 0 radical (unpaired) electrons. The molecule has 2 aromatic heterocycles. The number of carboxylic acids is 1. The molecule has 5 nitrogen and oxygen atoms in total. The molecule has 6 heteroatoms. The van der Waals surface area contributed by atoms with E-state index in [4.69, 9.17) is 0 Å². The average molecular weight is 305 g/mol. The highest BCUT2D eigenvalue weighted by atomic mass is 32.1. The van der Waals surface area contributed by atoms with Gasteiger partial charge in [0, 0.05) is 30.9 Å². The monoisotopic (exact) mass is 305 g/mol. The molecule has 0 atom stereocenters. The van der Waals surface area contributed by atoms with Gasteiger partial charge in [-0.25, -0.2) is 4.98 Å². The van der Waals surface area contributed by atoms with Crippen LogP contribution in [0, 0.1) is 0 Å². The number of carbonyl (C=O) groups is 1. The second-order valence-electron chi connectivity index (χ2n) is 5.32. The molecule has 2 heterocycles. The van der Waals surface area contributed by atoms with Crippen LogP contribution in [0.3, 0.4) is 0 Å². The van der Waals surface area contributed by atoms with E-state index in [9.17, 15) is 9.90 Å². The smallest absolute Gasteiger partial charge is 0.315 e. The van der Waals surface area contributed by atoms with E-state index < -0.39 is 11.4 Å². The third-order valence-electron chi connectivity index (χ3n) is 3.44. The number of rotatable bonds is 6. The number of anilines is 1. The lowest BCUT2D eigenvalue weighted by Gasteiger charge is -2.20. The summed E-state index contributed by atoms with van der Waals surface area (Å²) in [7, 11) is 0. The summed E-state index contributed by atoms with van der Waals surface area (Å²) in [4.78, 5) is 22.0. The summed E-state index contributed by atoms with van der Waals surface area (Å²) in [6.45, 7) is 6.95. The molecule has 0 saturated carbocycles. The fourth-order valence-corrected chi connectivity index (χ4v) is 2.89. The second kappa shape index (κ2) is 6.22. The maximum atomic E-state index is 11.3. The van der Waals surface area contributed by atoms with Gasteiger partial charge in [-0.3, -0.25) is 9.78 Å². The minimum Gasteiger partial charge on any atom is -0.481 e. The average Bonchev–Trinajstić information content (AvgIpc) is 2.96. The Hall–Kier alpha value is -1.95. The van der Waals surface area contributed by atoms with E-state index in [-0.39, 0.29) is 0 Å². The Balaban J connectivity index is 2.20. The lowest BCUT2D eigenvalue weighted by Crippen LogP contribution is -2.29. The first-order valence-corrected chi connectivity index (χ1v) is 7.66. The lowest BCUT2D eigenvalue weighted by atomic mass is 9.90. The van der Waals surface area contributed by atoms with Crippen LogP contribution in [0.1, 0.15) is 32.0 Å². The fraction of sp³-hybridized carbons (Fsp3) is 0.400. The van der Waals surface area contributed by atoms with Crippen LogP contribution in [-0.4, -0.2) is 27.6 Å². The van der Waals surface area contributed by atoms with Gasteiger partial charge in [-0.2, -0.15) is 0 Å². The van der Waals surface area contributed by atoms with Crippen LogP contribution in [0.25, 0.3) is 0 Å². The van der Waals surface area contributed by atoms with Crippen molar-refractivity contribution >= 4 is 22.4 Å². The van der Waals surface area contributed by atoms with Gasteiger partial charge < -0.3 is 10.0 Å². The Morgan fingerprint density at radius 1 is 1.38 bits per heavy atom. The van der Waals surface area contributed by atoms with Crippen LogP contribution in [0.5, 0.6) is 0 Å². The molecule has 0 bridgehead atoms. The third kappa shape index (κ3) is 3.39. The molecular weight excluding hydrogens is 286 g/mol. The number of nitrogens with zero attached hydrogens (tertiary/aromatic N) is 3. The van der Waals surface area contributed by atoms with E-state index in [2.05, 4.69) is 21.8 Å². The number of hydrogen-bond acceptors (Lipinski definition) is 5. The van der Waals surface area contributed by atoms with Crippen LogP contribution in [0.15, 0.2) is 29.9 Å². The van der Waals surface area contributed by atoms with Crippen molar-refractivity contribution in [3.63, 3.8) is 0 Å². The van der Waals surface area contributed by atoms with Crippen LogP contribution >= 0.6 is 11.3 Å². The Bertz CT molecular complexity index is 610. The van der Waals surface area contributed by atoms with E-state index in [1.165, 1.54) is 11.3 Å². The Morgan fingerprint density at radius 3 is 2.62 bits per heavy atom. The topological polar surface area (TPSA) is 66.3 Å². The minimum absolute atomic E-state index is 0.600. The summed E-state index contributed by atoms with van der Waals surface area (Å²) >= 11 is 1.48. The van der Waals surface area contributed by atoms with Gasteiger partial charge in [-0.1, -0.05) is 0 Å². The molecule has 0 amide bonds. The van der Waals surface area contributed by atoms with Crippen molar-refractivity contribution < 1.29 is 9.90 Å². The van der Waals surface area contributed by atoms with Crippen molar-refractivity contribution in [2.45, 2.75) is 32.7 Å². The highest BCUT2D eigenvalue weighted by molar-refractivity contribution is 7.13. The molecular formula is C15H19N3O2S. The van der Waals surface area contributed by atoms with Gasteiger partial charge >= 0.3 is 5.97 Å². The standard InChI is InChI=1S/C15H19N3O2S/c1-4-18(9-11-5-7-16-8-6-11)14-17-12(10-21-14)15(2,3)13(19)20/h5-8,10H,4,9H2,1-3H3,(H,19,20). The Kier molecular flexibility index (Phi) is 4.57. The molecule has 1 N–H and O–H groups in total. The van der Waals surface area contributed by atoms with Crippen molar-refractivity contribution in [1.82, 2.24) is 9.97 Å². The maximum absolute atomic E-state index is 11.3. The van der Waals surface area contributed by atoms with Gasteiger partial charge in [0.25, 0.3) is 0 Å². The first-order valence-electron chi connectivity index (χ1n) is 6.78. The highest BCUT2D eigenvalue weighted by Crippen LogP contribution is 2.29. The molecule has 2 rings (SSSR count). The lowest BCUT2D eigenvalue weighted by molar-refractivity contribution is -0.142. The Morgan fingerprint density at radius 2 is 2.05 bits per heavy atom. The number of aliphatic carboxylic acids is 1. The van der Waals surface area contributed by atoms with Crippen LogP contribution in [0.4, 0.5) is 5.13 Å². The van der Waals surface area contributed by atoms with Crippen LogP contribution < -0.4 is 4.90 Å². The summed E-state index contributed by atoms with van der Waals surface area (Å²) in [6, 6.07) is 3.94. The van der Waals surface area contributed by atoms with Gasteiger partial charge in [-0.15, -0.1) is 11.3 Å². The molecule has 0 saturated heterocycles. The molecule has 0 fully saturated rings. The first kappa shape index (κ1) is 15.4. The molecule has 2 aromatic rings. The highest BCUT2D eigenvalue weighted by Gasteiger charge is 2.32. The zero-order valence-electron chi connectivity index (χ0n) is 12.4. The SMILES string of the molecule is CCN(Cc1ccncc1)c1nc(C(C)(C)C(=O)O)cs1. The molecule has 0 aromatic carbocycles. The van der Waals surface area contributed by atoms with Crippen molar-refractivity contribution in [3.8, 4) is 0 Å². The number of pyridine rings is 1. The molecule has 0 aliphatic heterocycles. The third-order valence-corrected chi connectivity index (χ3v) is 4.34. The van der Waals surface area contributed by atoms with Gasteiger partial charge in [0.15, 0.2) is 5.13 Å². The van der Waals surface area contributed by atoms with Gasteiger partial charge in [0.2, 0.25) is 0 Å². The minimum atomic E-state index is -0.967. The van der Waals surface area contributed by atoms with Crippen molar-refractivity contribution in [2.24, 2.45) is 0 Å². The van der Waals surface area contributed by atoms with E-state index in [0.29, 0.717) is 5.69 Å². The summed E-state index contributed by atoms with van der Waals surface area (Å²) < 4.78 is 0. The quantitative estimate of drug-likeness (QED) is 0.889. The number of hydrogen-bond donors (Lipinski definition) is 1. The normalized spacial score (nSPS) is 11.4. The number of aromatic nitrogens is 2. The molecule has 0 spiro atoms. The zero-order chi connectivity index (χ0) is 15.5. The van der Waals surface area contributed by atoms with Crippen molar-refractivity contribution in [3.05, 3.63) is 41.2 Å². The van der Waals surface area contributed by atoms with Gasteiger partial charge in [0.05, 0.1) is 5.69 Å². The Labute approximate surface area is 128 Å².